The third-order valence-electron chi connectivity index (χ3n) is 13.0. The fourth-order valence-corrected chi connectivity index (χ4v) is 10.6. The molecule has 0 fully saturated rings. The fraction of sp³-hybridized carbons (Fsp3) is 0.348. The Balaban J connectivity index is 1.39. The zero-order valence-corrected chi connectivity index (χ0v) is 29.8. The maximum atomic E-state index is 16.5. The summed E-state index contributed by atoms with van der Waals surface area (Å²) in [4.78, 5) is 0. The normalized spacial score (nSPS) is 19.2. The minimum atomic E-state index is -0.450. The Labute approximate surface area is 290 Å². The van der Waals surface area contributed by atoms with Crippen molar-refractivity contribution < 1.29 is 13.5 Å². The Morgan fingerprint density at radius 3 is 2.41 bits per heavy atom. The molecule has 9 rings (SSSR count). The molecule has 1 aliphatic carbocycles. The van der Waals surface area contributed by atoms with Crippen LogP contribution in [0.5, 0.6) is 0 Å². The zero-order valence-electron chi connectivity index (χ0n) is 29.8. The van der Waals surface area contributed by atoms with Crippen molar-refractivity contribution in [2.24, 2.45) is 0 Å². The Bertz CT molecular complexity index is 2340. The third-order valence-corrected chi connectivity index (χ3v) is 13.0. The van der Waals surface area contributed by atoms with Crippen LogP contribution in [-0.2, 0) is 23.8 Å². The molecule has 0 N–H and O–H groups in total. The highest BCUT2D eigenvalue weighted by atomic mass is 19.1. The van der Waals surface area contributed by atoms with Crippen LogP contribution in [0.15, 0.2) is 91.3 Å². The SMILES string of the molecule is CCCCc1ccc2c3c4[n+](ccc13)C(C1C[n+]3ccc5ccccc5c3-c3cc(C)ccc31)C(CC)(CC)c1ccc(F)c(c1-4)C2(C)C. The zero-order chi connectivity index (χ0) is 33.8. The molecule has 6 aromatic rings. The van der Waals surface area contributed by atoms with Crippen molar-refractivity contribution in [3.63, 3.8) is 0 Å². The van der Waals surface area contributed by atoms with Gasteiger partial charge in [-0.2, -0.15) is 9.13 Å². The molecule has 0 saturated heterocycles. The lowest BCUT2D eigenvalue weighted by Crippen LogP contribution is -2.61. The van der Waals surface area contributed by atoms with Gasteiger partial charge in [-0.1, -0.05) is 95.1 Å². The largest absolute Gasteiger partial charge is 0.221 e. The van der Waals surface area contributed by atoms with Gasteiger partial charge in [0.1, 0.15) is 11.7 Å². The number of pyridine rings is 2. The molecule has 49 heavy (non-hydrogen) atoms. The molecule has 2 aromatic heterocycles. The Morgan fingerprint density at radius 2 is 1.61 bits per heavy atom. The molecule has 3 aliphatic rings. The first-order valence-electron chi connectivity index (χ1n) is 18.6. The molecule has 3 heteroatoms. The molecular weight excluding hydrogens is 600 g/mol. The monoisotopic (exact) mass is 646 g/mol. The number of rotatable bonds is 6. The average molecular weight is 647 g/mol. The molecule has 2 nitrogen and oxygen atoms in total. The fourth-order valence-electron chi connectivity index (χ4n) is 10.6. The molecule has 2 atom stereocenters. The van der Waals surface area contributed by atoms with E-state index in [1.54, 1.807) is 6.07 Å². The van der Waals surface area contributed by atoms with Gasteiger partial charge in [-0.3, -0.25) is 0 Å². The maximum Gasteiger partial charge on any atom is 0.221 e. The van der Waals surface area contributed by atoms with Gasteiger partial charge in [-0.15, -0.1) is 0 Å². The summed E-state index contributed by atoms with van der Waals surface area (Å²) < 4.78 is 21.6. The van der Waals surface area contributed by atoms with Crippen LogP contribution in [0.1, 0.15) is 106 Å². The van der Waals surface area contributed by atoms with E-state index in [9.17, 15) is 0 Å². The molecule has 0 amide bonds. The number of halogens is 1. The van der Waals surface area contributed by atoms with Gasteiger partial charge in [-0.05, 0) is 83.8 Å². The van der Waals surface area contributed by atoms with Gasteiger partial charge in [0.25, 0.3) is 0 Å². The number of unbranched alkanes of at least 4 members (excludes halogenated alkanes) is 1. The Morgan fingerprint density at radius 1 is 0.816 bits per heavy atom. The van der Waals surface area contributed by atoms with Crippen molar-refractivity contribution in [1.82, 2.24) is 0 Å². The summed E-state index contributed by atoms with van der Waals surface area (Å²) in [5.74, 6) is 0.138. The summed E-state index contributed by atoms with van der Waals surface area (Å²) in [7, 11) is 0. The summed E-state index contributed by atoms with van der Waals surface area (Å²) in [5, 5.41) is 5.27. The first-order chi connectivity index (χ1) is 23.7. The Hall–Kier alpha value is -4.37. The number of aromatic nitrogens is 2. The standard InChI is InChI=1S/C46H47FN2/c1-7-10-13-29-17-19-36-39-31(29)23-25-49-43(39)40-37(20-21-38(47)41(40)45(36,5)6)46(8-2,9-3)44(49)35-27-48-24-22-30-14-11-12-15-32(30)42(48)34-26-28(4)16-18-33(34)35/h11-12,14-26,35,44H,7-10,13,27H2,1-6H3/q+2. The highest BCUT2D eigenvalue weighted by Gasteiger charge is 2.59. The minimum Gasteiger partial charge on any atom is -0.207 e. The summed E-state index contributed by atoms with van der Waals surface area (Å²) in [6.45, 7) is 14.6. The van der Waals surface area contributed by atoms with E-state index in [2.05, 4.69) is 136 Å². The highest BCUT2D eigenvalue weighted by Crippen LogP contribution is 2.59. The van der Waals surface area contributed by atoms with Crippen molar-refractivity contribution in [1.29, 1.82) is 0 Å². The predicted octanol–water partition coefficient (Wildman–Crippen LogP) is 10.7. The lowest BCUT2D eigenvalue weighted by molar-refractivity contribution is -0.748. The van der Waals surface area contributed by atoms with Gasteiger partial charge in [-0.25, -0.2) is 4.39 Å². The molecule has 4 heterocycles. The van der Waals surface area contributed by atoms with Crippen LogP contribution in [0.2, 0.25) is 0 Å². The lowest BCUT2D eigenvalue weighted by Gasteiger charge is -2.47. The van der Waals surface area contributed by atoms with Gasteiger partial charge >= 0.3 is 0 Å². The van der Waals surface area contributed by atoms with E-state index in [1.165, 1.54) is 79.2 Å². The van der Waals surface area contributed by atoms with Gasteiger partial charge in [0.05, 0.1) is 27.3 Å². The van der Waals surface area contributed by atoms with E-state index < -0.39 is 5.41 Å². The van der Waals surface area contributed by atoms with Crippen LogP contribution >= 0.6 is 0 Å². The second-order valence-electron chi connectivity index (χ2n) is 15.6. The molecule has 2 unspecified atom stereocenters. The molecular formula is C46H47FN2+2. The van der Waals surface area contributed by atoms with Gasteiger partial charge < -0.3 is 0 Å². The molecule has 0 spiro atoms. The van der Waals surface area contributed by atoms with Crippen LogP contribution in [-0.4, -0.2) is 0 Å². The van der Waals surface area contributed by atoms with Gasteiger partial charge in [0.15, 0.2) is 25.0 Å². The molecule has 0 bridgehead atoms. The van der Waals surface area contributed by atoms with Crippen molar-refractivity contribution in [3.8, 4) is 22.5 Å². The number of hydrogen-bond acceptors (Lipinski definition) is 0. The molecule has 0 saturated carbocycles. The first-order valence-corrected chi connectivity index (χ1v) is 18.6. The second-order valence-corrected chi connectivity index (χ2v) is 15.6. The molecule has 4 aromatic carbocycles. The van der Waals surface area contributed by atoms with Crippen LogP contribution in [0, 0.1) is 12.7 Å². The second kappa shape index (κ2) is 10.8. The predicted molar refractivity (Wildman–Crippen MR) is 199 cm³/mol. The third kappa shape index (κ3) is 3.99. The average Bonchev–Trinajstić information content (AvgIpc) is 3.11. The van der Waals surface area contributed by atoms with Crippen LogP contribution in [0.25, 0.3) is 44.1 Å². The molecule has 246 valence electrons. The van der Waals surface area contributed by atoms with Crippen molar-refractivity contribution in [3.05, 3.63) is 130 Å². The topological polar surface area (TPSA) is 7.76 Å². The number of nitrogens with zero attached hydrogens (tertiary/aromatic N) is 2. The summed E-state index contributed by atoms with van der Waals surface area (Å²) in [6.07, 6.45) is 10.1. The minimum absolute atomic E-state index is 0.0811. The van der Waals surface area contributed by atoms with E-state index in [1.807, 2.05) is 0 Å². The van der Waals surface area contributed by atoms with Gasteiger partial charge in [0.2, 0.25) is 11.4 Å². The summed E-state index contributed by atoms with van der Waals surface area (Å²) in [6, 6.07) is 29.4. The van der Waals surface area contributed by atoms with E-state index in [0.29, 0.717) is 0 Å². The van der Waals surface area contributed by atoms with Crippen LogP contribution in [0.3, 0.4) is 0 Å². The molecule has 0 radical (unpaired) electrons. The van der Waals surface area contributed by atoms with Gasteiger partial charge in [0, 0.05) is 23.1 Å². The first kappa shape index (κ1) is 30.7. The number of fused-ring (bicyclic) bond motifs is 5. The van der Waals surface area contributed by atoms with E-state index in [4.69, 9.17) is 0 Å². The molecule has 2 aliphatic heterocycles. The van der Waals surface area contributed by atoms with Crippen molar-refractivity contribution in [2.75, 3.05) is 0 Å². The highest BCUT2D eigenvalue weighted by molar-refractivity contribution is 6.03. The number of hydrogen-bond donors (Lipinski definition) is 0. The van der Waals surface area contributed by atoms with E-state index >= 15 is 4.39 Å². The van der Waals surface area contributed by atoms with Crippen LogP contribution in [0.4, 0.5) is 4.39 Å². The maximum absolute atomic E-state index is 16.5. The van der Waals surface area contributed by atoms with Crippen LogP contribution < -0.4 is 9.13 Å². The smallest absolute Gasteiger partial charge is 0.207 e. The van der Waals surface area contributed by atoms with Crippen molar-refractivity contribution >= 4 is 21.5 Å². The lowest BCUT2D eigenvalue weighted by atomic mass is 9.57. The summed E-state index contributed by atoms with van der Waals surface area (Å²) >= 11 is 0. The number of aryl methyl sites for hydroxylation is 2. The van der Waals surface area contributed by atoms with E-state index in [0.717, 1.165) is 36.9 Å². The quantitative estimate of drug-likeness (QED) is 0.159. The van der Waals surface area contributed by atoms with Crippen molar-refractivity contribution in [2.45, 2.75) is 103 Å². The summed E-state index contributed by atoms with van der Waals surface area (Å²) in [5.41, 5.74) is 12.0. The van der Waals surface area contributed by atoms with E-state index in [-0.39, 0.29) is 23.2 Å². The Kier molecular flexibility index (Phi) is 6.77. The number of benzene rings is 4.